The summed E-state index contributed by atoms with van der Waals surface area (Å²) in [6.07, 6.45) is -2.67. The Kier molecular flexibility index (Phi) is 28.1. The molecule has 0 aliphatic carbocycles. The number of likely N-dealkylation sites (N-methyl/N-ethyl adjacent to an activating group) is 2. The summed E-state index contributed by atoms with van der Waals surface area (Å²) in [5, 5.41) is 17.9. The summed E-state index contributed by atoms with van der Waals surface area (Å²) in [5.41, 5.74) is 5.63. The first kappa shape index (κ1) is 68.3. The van der Waals surface area contributed by atoms with Crippen LogP contribution in [0.3, 0.4) is 0 Å². The van der Waals surface area contributed by atoms with Crippen LogP contribution in [0.4, 0.5) is 4.79 Å². The summed E-state index contributed by atoms with van der Waals surface area (Å²) in [5.74, 6) is -3.20. The first-order valence-corrected chi connectivity index (χ1v) is 28.2. The van der Waals surface area contributed by atoms with E-state index < -0.39 is 97.3 Å². The van der Waals surface area contributed by atoms with Gasteiger partial charge in [0.25, 0.3) is 0 Å². The first-order chi connectivity index (χ1) is 37.1. The van der Waals surface area contributed by atoms with E-state index in [1.54, 1.807) is 75.7 Å². The van der Waals surface area contributed by atoms with Gasteiger partial charge in [-0.05, 0) is 90.8 Å². The van der Waals surface area contributed by atoms with Gasteiger partial charge >= 0.3 is 12.1 Å². The Hall–Kier alpha value is -4.97. The van der Waals surface area contributed by atoms with Gasteiger partial charge in [0.1, 0.15) is 31.0 Å². The standard InChI is InChI=1S/C57H98N8O14/c1-17-36(6)49(63(14)54(71)47(34(2)3)61-53(70)48(35(4)5)62(12)13)42(74-15)31-45(68)64-29-21-25-40(64)50(75-16)37(7)52(69)60-38(8)51(39-23-19-18-20-24-39)78-55(72)41-26-22-30-65(41)44(67)27-28-59-56(73)76-33-46(77-43(58)32-66)79-57(9,10)11/h18-20,23-24,34-38,40-43,46-51,66H,17,21-22,25-33,58H2,1-16H3,(H,59,73)(H,60,69)(H,61,70)/t36-,37+,38+,40-,41+,42+,43?,46?,47?,48?,49-,50+,51+/m0/s1. The van der Waals surface area contributed by atoms with Crippen LogP contribution < -0.4 is 21.7 Å². The van der Waals surface area contributed by atoms with Crippen LogP contribution in [-0.4, -0.2) is 201 Å². The van der Waals surface area contributed by atoms with Gasteiger partial charge in [-0.3, -0.25) is 28.9 Å². The fraction of sp³-hybridized carbons (Fsp3) is 0.772. The highest BCUT2D eigenvalue weighted by Gasteiger charge is 2.44. The third kappa shape index (κ3) is 20.2. The van der Waals surface area contributed by atoms with E-state index in [0.717, 1.165) is 0 Å². The highest BCUT2D eigenvalue weighted by molar-refractivity contribution is 5.90. The molecule has 1 aromatic carbocycles. The molecule has 2 saturated heterocycles. The number of carbonyl (C=O) groups is 7. The predicted molar refractivity (Wildman–Crippen MR) is 298 cm³/mol. The number of benzene rings is 1. The second kappa shape index (κ2) is 32.5. The molecule has 0 aromatic heterocycles. The molecule has 2 fully saturated rings. The lowest BCUT2D eigenvalue weighted by atomic mass is 9.89. The number of methoxy groups -OCH3 is 2. The molecule has 1 aromatic rings. The molecule has 450 valence electrons. The summed E-state index contributed by atoms with van der Waals surface area (Å²) in [7, 11) is 8.44. The van der Waals surface area contributed by atoms with E-state index in [4.69, 9.17) is 34.2 Å². The van der Waals surface area contributed by atoms with Crippen LogP contribution in [0.2, 0.25) is 0 Å². The van der Waals surface area contributed by atoms with Crippen molar-refractivity contribution in [1.29, 1.82) is 0 Å². The average Bonchev–Trinajstić information content (AvgIpc) is 4.10. The van der Waals surface area contributed by atoms with Crippen LogP contribution in [0, 0.1) is 23.7 Å². The van der Waals surface area contributed by atoms with Gasteiger partial charge in [-0.15, -0.1) is 0 Å². The van der Waals surface area contributed by atoms with E-state index in [0.29, 0.717) is 50.8 Å². The molecular weight excluding hydrogens is 1020 g/mol. The molecule has 2 heterocycles. The summed E-state index contributed by atoms with van der Waals surface area (Å²) in [6.45, 7) is 20.4. The molecule has 6 N–H and O–H groups in total. The van der Waals surface area contributed by atoms with Crippen LogP contribution in [0.25, 0.3) is 0 Å². The van der Waals surface area contributed by atoms with Crippen molar-refractivity contribution in [3.05, 3.63) is 35.9 Å². The van der Waals surface area contributed by atoms with E-state index in [2.05, 4.69) is 16.0 Å². The number of nitrogens with two attached hydrogens (primary N) is 1. The Morgan fingerprint density at radius 2 is 1.47 bits per heavy atom. The maximum atomic E-state index is 14.5. The Morgan fingerprint density at radius 1 is 0.835 bits per heavy atom. The lowest BCUT2D eigenvalue weighted by molar-refractivity contribution is -0.232. The normalized spacial score (nSPS) is 20.1. The second-order valence-electron chi connectivity index (χ2n) is 23.1. The summed E-state index contributed by atoms with van der Waals surface area (Å²) < 4.78 is 34.7. The van der Waals surface area contributed by atoms with Gasteiger partial charge in [0.05, 0.1) is 60.9 Å². The number of esters is 1. The molecule has 0 spiro atoms. The zero-order valence-electron chi connectivity index (χ0n) is 50.2. The zero-order chi connectivity index (χ0) is 59.5. The van der Waals surface area contributed by atoms with Gasteiger partial charge in [-0.1, -0.05) is 85.2 Å². The lowest BCUT2D eigenvalue weighted by Crippen LogP contribution is -2.59. The Labute approximate surface area is 470 Å². The maximum Gasteiger partial charge on any atom is 0.407 e. The number of amides is 6. The van der Waals surface area contributed by atoms with Crippen molar-refractivity contribution >= 4 is 41.6 Å². The van der Waals surface area contributed by atoms with Gasteiger partial charge in [0.15, 0.2) is 6.29 Å². The van der Waals surface area contributed by atoms with Crippen molar-refractivity contribution in [2.75, 3.05) is 68.2 Å². The Balaban J connectivity index is 1.72. The molecule has 2 aliphatic rings. The molecule has 2 aliphatic heterocycles. The fourth-order valence-corrected chi connectivity index (χ4v) is 10.8. The minimum atomic E-state index is -1.06. The van der Waals surface area contributed by atoms with E-state index in [1.807, 2.05) is 66.6 Å². The number of hydrogen-bond donors (Lipinski definition) is 5. The number of alkyl carbamates (subject to hydrolysis) is 1. The van der Waals surface area contributed by atoms with Crippen molar-refractivity contribution < 1.29 is 67.1 Å². The van der Waals surface area contributed by atoms with E-state index in [-0.39, 0.29) is 73.3 Å². The van der Waals surface area contributed by atoms with Gasteiger partial charge in [-0.25, -0.2) is 9.59 Å². The number of carbonyl (C=O) groups excluding carboxylic acids is 7. The third-order valence-electron chi connectivity index (χ3n) is 14.9. The average molecular weight is 1120 g/mol. The Morgan fingerprint density at radius 3 is 2.03 bits per heavy atom. The smallest absolute Gasteiger partial charge is 0.407 e. The number of aliphatic hydroxyl groups is 1. The van der Waals surface area contributed by atoms with Crippen molar-refractivity contribution in [3.8, 4) is 0 Å². The number of hydrogen-bond acceptors (Lipinski definition) is 16. The summed E-state index contributed by atoms with van der Waals surface area (Å²) in [6, 6.07) is 5.09. The van der Waals surface area contributed by atoms with Crippen molar-refractivity contribution in [2.24, 2.45) is 29.4 Å². The number of nitrogens with zero attached hydrogens (tertiary/aromatic N) is 4. The van der Waals surface area contributed by atoms with E-state index >= 15 is 0 Å². The first-order valence-electron chi connectivity index (χ1n) is 28.2. The molecule has 22 heteroatoms. The Bertz CT molecular complexity index is 2090. The SMILES string of the molecule is CC[C@H](C)[C@@H]([C@@H](CC(=O)N1CCC[C@H]1[C@H](OC)[C@@H](C)C(=O)N[C@H](C)[C@@H](OC(=O)[C@H]1CCCN1C(=O)CCNC(=O)OCC(OC(N)CO)OC(C)(C)C)c1ccccc1)OC)N(C)C(=O)C(NC(=O)C(C(C)C)N(C)C)C(C)C. The van der Waals surface area contributed by atoms with Crippen LogP contribution in [0.15, 0.2) is 30.3 Å². The largest absolute Gasteiger partial charge is 0.454 e. The lowest BCUT2D eigenvalue weighted by Gasteiger charge is -2.41. The van der Waals surface area contributed by atoms with E-state index in [1.165, 1.54) is 19.1 Å². The quantitative estimate of drug-likeness (QED) is 0.0520. The minimum absolute atomic E-state index is 0.00686. The molecule has 4 unspecified atom stereocenters. The van der Waals surface area contributed by atoms with Gasteiger partial charge in [0, 0.05) is 47.3 Å². The van der Waals surface area contributed by atoms with Gasteiger partial charge < -0.3 is 69.9 Å². The second-order valence-corrected chi connectivity index (χ2v) is 23.1. The molecule has 0 radical (unpaired) electrons. The van der Waals surface area contributed by atoms with Crippen molar-refractivity contribution in [1.82, 2.24) is 35.6 Å². The van der Waals surface area contributed by atoms with E-state index in [9.17, 15) is 38.7 Å². The van der Waals surface area contributed by atoms with Crippen molar-refractivity contribution in [3.63, 3.8) is 0 Å². The number of nitrogens with one attached hydrogen (secondary N) is 3. The highest BCUT2D eigenvalue weighted by Crippen LogP contribution is 2.31. The molecule has 22 nitrogen and oxygen atoms in total. The molecule has 79 heavy (non-hydrogen) atoms. The fourth-order valence-electron chi connectivity index (χ4n) is 10.8. The van der Waals surface area contributed by atoms with Crippen LogP contribution in [0.1, 0.15) is 133 Å². The molecule has 6 amide bonds. The molecule has 0 saturated carbocycles. The minimum Gasteiger partial charge on any atom is -0.454 e. The highest BCUT2D eigenvalue weighted by atomic mass is 16.7. The topological polar surface area (TPSA) is 270 Å². The molecular formula is C57H98N8O14. The van der Waals surface area contributed by atoms with Crippen LogP contribution in [-0.2, 0) is 57.2 Å². The number of rotatable bonds is 31. The molecule has 13 atom stereocenters. The zero-order valence-corrected chi connectivity index (χ0v) is 50.2. The monoisotopic (exact) mass is 1120 g/mol. The third-order valence-corrected chi connectivity index (χ3v) is 14.9. The van der Waals surface area contributed by atoms with Gasteiger partial charge in [-0.2, -0.15) is 0 Å². The van der Waals surface area contributed by atoms with Gasteiger partial charge in [0.2, 0.25) is 29.5 Å². The number of likely N-dealkylation sites (tertiary alicyclic amines) is 2. The number of ether oxygens (including phenoxy) is 6. The van der Waals surface area contributed by atoms with Crippen LogP contribution in [0.5, 0.6) is 0 Å². The predicted octanol–water partition coefficient (Wildman–Crippen LogP) is 3.97. The summed E-state index contributed by atoms with van der Waals surface area (Å²) in [4.78, 5) is 104. The molecule has 0 bridgehead atoms. The maximum absolute atomic E-state index is 14.5. The molecule has 3 rings (SSSR count). The van der Waals surface area contributed by atoms with Crippen LogP contribution >= 0.6 is 0 Å². The number of aliphatic hydroxyl groups excluding tert-OH is 1. The van der Waals surface area contributed by atoms with Crippen molar-refractivity contribution in [2.45, 2.75) is 194 Å². The summed E-state index contributed by atoms with van der Waals surface area (Å²) >= 11 is 0.